The third-order valence-corrected chi connectivity index (χ3v) is 7.67. The lowest BCUT2D eigenvalue weighted by Gasteiger charge is -2.26. The van der Waals surface area contributed by atoms with Crippen LogP contribution < -0.4 is 14.2 Å². The normalized spacial score (nSPS) is 15.9. The molecule has 1 atom stereocenters. The van der Waals surface area contributed by atoms with Gasteiger partial charge in [-0.15, -0.1) is 0 Å². The van der Waals surface area contributed by atoms with E-state index in [1.54, 1.807) is 37.3 Å². The number of aryl methyl sites for hydroxylation is 2. The number of benzene rings is 4. The predicted octanol–water partition coefficient (Wildman–Crippen LogP) is 6.56. The largest absolute Gasteiger partial charge is 0.507 e. The Balaban J connectivity index is 1.47. The summed E-state index contributed by atoms with van der Waals surface area (Å²) in [5.41, 5.74) is 5.02. The van der Waals surface area contributed by atoms with E-state index in [4.69, 9.17) is 14.2 Å². The number of amides is 1. The van der Waals surface area contributed by atoms with Gasteiger partial charge >= 0.3 is 0 Å². The highest BCUT2D eigenvalue weighted by Crippen LogP contribution is 2.40. The molecular weight excluding hydrogens is 542 g/mol. The lowest BCUT2D eigenvalue weighted by atomic mass is 9.94. The van der Waals surface area contributed by atoms with Gasteiger partial charge < -0.3 is 24.2 Å². The summed E-state index contributed by atoms with van der Waals surface area (Å²) in [5.74, 6) is 0.302. The zero-order valence-corrected chi connectivity index (χ0v) is 24.8. The van der Waals surface area contributed by atoms with Crippen LogP contribution in [0.2, 0.25) is 0 Å². The van der Waals surface area contributed by atoms with Crippen molar-refractivity contribution in [3.8, 4) is 17.2 Å². The number of aliphatic hydroxyl groups excluding tert-OH is 1. The molecule has 7 heteroatoms. The van der Waals surface area contributed by atoms with Gasteiger partial charge in [-0.3, -0.25) is 9.59 Å². The Morgan fingerprint density at radius 1 is 0.791 bits per heavy atom. The number of aliphatic hydroxyl groups is 1. The standard InChI is InChI=1S/C36H35NO6/c1-23-9-8-12-27(19-23)33-32(34(38)28-14-16-29(24(2)20-28)43-22-26-10-6-5-7-11-26)35(39)36(40)37(33)18-17-25-13-15-30(41-3)31(21-25)42-4/h5-16,19-21,33,38H,17-18,22H2,1-4H3/b34-32-. The Hall–Kier alpha value is -5.04. The van der Waals surface area contributed by atoms with Crippen molar-refractivity contribution in [2.24, 2.45) is 0 Å². The van der Waals surface area contributed by atoms with E-state index in [-0.39, 0.29) is 17.9 Å². The molecule has 0 bridgehead atoms. The number of ether oxygens (including phenoxy) is 3. The van der Waals surface area contributed by atoms with Crippen LogP contribution in [0.25, 0.3) is 5.76 Å². The van der Waals surface area contributed by atoms with Gasteiger partial charge in [0.05, 0.1) is 25.8 Å². The molecule has 220 valence electrons. The maximum atomic E-state index is 13.5. The van der Waals surface area contributed by atoms with E-state index < -0.39 is 17.7 Å². The number of rotatable bonds is 10. The number of hydrogen-bond donors (Lipinski definition) is 1. The van der Waals surface area contributed by atoms with Crippen LogP contribution in [0.3, 0.4) is 0 Å². The molecule has 1 heterocycles. The van der Waals surface area contributed by atoms with Crippen LogP contribution in [0.1, 0.15) is 39.4 Å². The van der Waals surface area contributed by atoms with Gasteiger partial charge in [-0.05, 0) is 72.9 Å². The lowest BCUT2D eigenvalue weighted by Crippen LogP contribution is -2.31. The summed E-state index contributed by atoms with van der Waals surface area (Å²) in [6.45, 7) is 4.51. The second-order valence-electron chi connectivity index (χ2n) is 10.6. The van der Waals surface area contributed by atoms with Gasteiger partial charge in [-0.25, -0.2) is 0 Å². The molecule has 1 unspecified atom stereocenters. The maximum Gasteiger partial charge on any atom is 0.295 e. The first-order valence-electron chi connectivity index (χ1n) is 14.1. The molecule has 0 aliphatic carbocycles. The molecular formula is C36H35NO6. The molecule has 4 aromatic rings. The summed E-state index contributed by atoms with van der Waals surface area (Å²) >= 11 is 0. The Bertz CT molecular complexity index is 1680. The molecule has 0 radical (unpaired) electrons. The van der Waals surface area contributed by atoms with E-state index in [9.17, 15) is 14.7 Å². The van der Waals surface area contributed by atoms with Gasteiger partial charge in [0.25, 0.3) is 11.7 Å². The average molecular weight is 578 g/mol. The quantitative estimate of drug-likeness (QED) is 0.131. The fourth-order valence-corrected chi connectivity index (χ4v) is 5.43. The van der Waals surface area contributed by atoms with Crippen molar-refractivity contribution in [3.63, 3.8) is 0 Å². The van der Waals surface area contributed by atoms with Gasteiger partial charge in [0.1, 0.15) is 18.1 Å². The highest BCUT2D eigenvalue weighted by molar-refractivity contribution is 6.46. The van der Waals surface area contributed by atoms with Gasteiger partial charge in [0, 0.05) is 12.1 Å². The number of carbonyl (C=O) groups excluding carboxylic acids is 2. The molecule has 7 nitrogen and oxygen atoms in total. The fraction of sp³-hybridized carbons (Fsp3) is 0.222. The van der Waals surface area contributed by atoms with E-state index in [2.05, 4.69) is 0 Å². The highest BCUT2D eigenvalue weighted by atomic mass is 16.5. The number of carbonyl (C=O) groups is 2. The summed E-state index contributed by atoms with van der Waals surface area (Å²) in [4.78, 5) is 28.6. The molecule has 1 saturated heterocycles. The molecule has 4 aromatic carbocycles. The van der Waals surface area contributed by atoms with E-state index in [0.717, 1.165) is 27.8 Å². The second-order valence-corrected chi connectivity index (χ2v) is 10.6. The first kappa shape index (κ1) is 29.5. The molecule has 0 saturated carbocycles. The number of ketones is 1. The average Bonchev–Trinajstić information content (AvgIpc) is 3.28. The van der Waals surface area contributed by atoms with Gasteiger partial charge in [0.2, 0.25) is 0 Å². The monoisotopic (exact) mass is 577 g/mol. The van der Waals surface area contributed by atoms with Gasteiger partial charge in [-0.2, -0.15) is 0 Å². The van der Waals surface area contributed by atoms with Gasteiger partial charge in [-0.1, -0.05) is 66.2 Å². The third-order valence-electron chi connectivity index (χ3n) is 7.67. The van der Waals surface area contributed by atoms with Crippen LogP contribution in [-0.4, -0.2) is 42.5 Å². The molecule has 43 heavy (non-hydrogen) atoms. The minimum atomic E-state index is -0.741. The van der Waals surface area contributed by atoms with Crippen LogP contribution in [0.5, 0.6) is 17.2 Å². The topological polar surface area (TPSA) is 85.3 Å². The molecule has 1 aliphatic heterocycles. The molecule has 1 aliphatic rings. The van der Waals surface area contributed by atoms with E-state index in [0.29, 0.717) is 35.8 Å². The molecule has 1 amide bonds. The van der Waals surface area contributed by atoms with Crippen molar-refractivity contribution in [1.29, 1.82) is 0 Å². The Labute approximate surface area is 252 Å². The highest BCUT2D eigenvalue weighted by Gasteiger charge is 2.45. The minimum Gasteiger partial charge on any atom is -0.507 e. The summed E-state index contributed by atoms with van der Waals surface area (Å²) in [7, 11) is 3.15. The third kappa shape index (κ3) is 6.26. The first-order chi connectivity index (χ1) is 20.8. The Morgan fingerprint density at radius 3 is 2.23 bits per heavy atom. The minimum absolute atomic E-state index is 0.0697. The predicted molar refractivity (Wildman–Crippen MR) is 165 cm³/mol. The summed E-state index contributed by atoms with van der Waals surface area (Å²) in [6.07, 6.45) is 0.474. The van der Waals surface area contributed by atoms with E-state index in [1.807, 2.05) is 86.6 Å². The SMILES string of the molecule is COc1ccc(CCN2C(=O)C(=O)/C(=C(\O)c3ccc(OCc4ccccc4)c(C)c3)C2c2cccc(C)c2)cc1OC. The van der Waals surface area contributed by atoms with Crippen LogP contribution in [-0.2, 0) is 22.6 Å². The van der Waals surface area contributed by atoms with Crippen molar-refractivity contribution < 1.29 is 28.9 Å². The van der Waals surface area contributed by atoms with Crippen molar-refractivity contribution in [1.82, 2.24) is 4.90 Å². The molecule has 1 N–H and O–H groups in total. The summed E-state index contributed by atoms with van der Waals surface area (Å²) in [5, 5.41) is 11.6. The lowest BCUT2D eigenvalue weighted by molar-refractivity contribution is -0.139. The zero-order chi connectivity index (χ0) is 30.5. The van der Waals surface area contributed by atoms with Crippen LogP contribution >= 0.6 is 0 Å². The maximum absolute atomic E-state index is 13.5. The smallest absolute Gasteiger partial charge is 0.295 e. The Kier molecular flexibility index (Phi) is 8.81. The molecule has 0 spiro atoms. The second kappa shape index (κ2) is 12.9. The summed E-state index contributed by atoms with van der Waals surface area (Å²) in [6, 6.07) is 27.6. The number of nitrogens with zero attached hydrogens (tertiary/aromatic N) is 1. The van der Waals surface area contributed by atoms with Crippen LogP contribution in [0, 0.1) is 13.8 Å². The van der Waals surface area contributed by atoms with E-state index in [1.165, 1.54) is 0 Å². The first-order valence-corrected chi connectivity index (χ1v) is 14.1. The van der Waals surface area contributed by atoms with Crippen molar-refractivity contribution in [3.05, 3.63) is 130 Å². The van der Waals surface area contributed by atoms with Crippen molar-refractivity contribution in [2.75, 3.05) is 20.8 Å². The Morgan fingerprint density at radius 2 is 1.53 bits per heavy atom. The number of methoxy groups -OCH3 is 2. The number of likely N-dealkylation sites (tertiary alicyclic amines) is 1. The van der Waals surface area contributed by atoms with Crippen molar-refractivity contribution >= 4 is 17.4 Å². The van der Waals surface area contributed by atoms with E-state index >= 15 is 0 Å². The number of hydrogen-bond acceptors (Lipinski definition) is 6. The van der Waals surface area contributed by atoms with Crippen LogP contribution in [0.15, 0.2) is 96.6 Å². The fourth-order valence-electron chi connectivity index (χ4n) is 5.43. The van der Waals surface area contributed by atoms with Crippen LogP contribution in [0.4, 0.5) is 0 Å². The van der Waals surface area contributed by atoms with Crippen molar-refractivity contribution in [2.45, 2.75) is 32.9 Å². The summed E-state index contributed by atoms with van der Waals surface area (Å²) < 4.78 is 16.8. The van der Waals surface area contributed by atoms with Gasteiger partial charge in [0.15, 0.2) is 11.5 Å². The molecule has 1 fully saturated rings. The number of Topliss-reactive ketones (excluding diaryl/α,β-unsaturated/α-hetero) is 1. The molecule has 0 aromatic heterocycles. The molecule has 5 rings (SSSR count). The zero-order valence-electron chi connectivity index (χ0n) is 24.8.